The second-order valence-electron chi connectivity index (χ2n) is 7.64. The van der Waals surface area contributed by atoms with E-state index >= 15 is 0 Å². The number of carbonyl (C=O) groups excluding carboxylic acids is 2. The second-order valence-corrected chi connectivity index (χ2v) is 7.64. The van der Waals surface area contributed by atoms with E-state index in [0.29, 0.717) is 11.4 Å². The first-order valence-electron chi connectivity index (χ1n) is 9.99. The highest BCUT2D eigenvalue weighted by molar-refractivity contribution is 6.04. The predicted molar refractivity (Wildman–Crippen MR) is 119 cm³/mol. The van der Waals surface area contributed by atoms with E-state index in [0.717, 1.165) is 11.1 Å². The number of carbonyl (C=O) groups is 2. The van der Waals surface area contributed by atoms with Crippen LogP contribution >= 0.6 is 0 Å². The standard InChI is InChI=1S/C24H30N2O4/c1-15(2)29-23(27)21(25-19-11-7-17(5)8-12-19)22(24(28)30-16(3)4)26-20-13-9-18(6)10-14-20/h7-16,25-26H,1-6H3/b22-21+. The van der Waals surface area contributed by atoms with Crippen molar-refractivity contribution in [3.05, 3.63) is 71.1 Å². The van der Waals surface area contributed by atoms with Gasteiger partial charge in [-0.2, -0.15) is 0 Å². The molecule has 2 aromatic carbocycles. The van der Waals surface area contributed by atoms with E-state index in [-0.39, 0.29) is 23.6 Å². The van der Waals surface area contributed by atoms with Gasteiger partial charge in [0.2, 0.25) is 0 Å². The van der Waals surface area contributed by atoms with Crippen molar-refractivity contribution in [2.45, 2.75) is 53.8 Å². The number of aryl methyl sites for hydroxylation is 2. The van der Waals surface area contributed by atoms with Crippen LogP contribution in [-0.4, -0.2) is 24.1 Å². The molecule has 0 aliphatic rings. The topological polar surface area (TPSA) is 76.7 Å². The van der Waals surface area contributed by atoms with Gasteiger partial charge in [0.15, 0.2) is 11.4 Å². The number of esters is 2. The van der Waals surface area contributed by atoms with Crippen molar-refractivity contribution in [1.29, 1.82) is 0 Å². The number of ether oxygens (including phenoxy) is 2. The van der Waals surface area contributed by atoms with Gasteiger partial charge in [-0.15, -0.1) is 0 Å². The summed E-state index contributed by atoms with van der Waals surface area (Å²) in [6.07, 6.45) is -0.705. The van der Waals surface area contributed by atoms with Crippen molar-refractivity contribution in [1.82, 2.24) is 0 Å². The maximum Gasteiger partial charge on any atom is 0.357 e. The molecule has 0 saturated heterocycles. The molecule has 0 saturated carbocycles. The van der Waals surface area contributed by atoms with Gasteiger partial charge in [0.25, 0.3) is 0 Å². The minimum Gasteiger partial charge on any atom is -0.458 e. The predicted octanol–water partition coefficient (Wildman–Crippen LogP) is 4.94. The number of hydrogen-bond acceptors (Lipinski definition) is 6. The zero-order valence-corrected chi connectivity index (χ0v) is 18.4. The normalized spacial score (nSPS) is 11.7. The largest absolute Gasteiger partial charge is 0.458 e. The third-order valence-corrected chi connectivity index (χ3v) is 3.99. The van der Waals surface area contributed by atoms with Crippen LogP contribution in [0.3, 0.4) is 0 Å². The third kappa shape index (κ3) is 6.95. The lowest BCUT2D eigenvalue weighted by molar-refractivity contribution is -0.145. The van der Waals surface area contributed by atoms with Crippen molar-refractivity contribution >= 4 is 23.3 Å². The molecule has 0 unspecified atom stereocenters. The van der Waals surface area contributed by atoms with E-state index in [2.05, 4.69) is 10.6 Å². The van der Waals surface area contributed by atoms with Gasteiger partial charge in [-0.3, -0.25) is 0 Å². The van der Waals surface area contributed by atoms with E-state index in [1.54, 1.807) is 27.7 Å². The number of nitrogens with one attached hydrogen (secondary N) is 2. The van der Waals surface area contributed by atoms with Crippen molar-refractivity contribution in [3.63, 3.8) is 0 Å². The van der Waals surface area contributed by atoms with Crippen LogP contribution in [-0.2, 0) is 19.1 Å². The average molecular weight is 411 g/mol. The second kappa shape index (κ2) is 10.5. The number of rotatable bonds is 8. The van der Waals surface area contributed by atoms with Gasteiger partial charge in [-0.1, -0.05) is 35.4 Å². The summed E-state index contributed by atoms with van der Waals surface area (Å²) >= 11 is 0. The first-order chi connectivity index (χ1) is 14.2. The molecule has 0 aliphatic carbocycles. The van der Waals surface area contributed by atoms with E-state index < -0.39 is 11.9 Å². The monoisotopic (exact) mass is 410 g/mol. The molecule has 6 nitrogen and oxygen atoms in total. The van der Waals surface area contributed by atoms with Crippen molar-refractivity contribution < 1.29 is 19.1 Å². The maximum atomic E-state index is 12.9. The molecule has 6 heteroatoms. The molecule has 0 spiro atoms. The summed E-state index contributed by atoms with van der Waals surface area (Å²) in [4.78, 5) is 25.8. The van der Waals surface area contributed by atoms with Crippen LogP contribution in [0.2, 0.25) is 0 Å². The Morgan fingerprint density at radius 1 is 0.633 bits per heavy atom. The zero-order valence-electron chi connectivity index (χ0n) is 18.4. The molecule has 160 valence electrons. The fourth-order valence-corrected chi connectivity index (χ4v) is 2.54. The first kappa shape index (κ1) is 23.0. The molecule has 2 rings (SSSR count). The molecule has 0 aliphatic heterocycles. The molecule has 30 heavy (non-hydrogen) atoms. The fourth-order valence-electron chi connectivity index (χ4n) is 2.54. The van der Waals surface area contributed by atoms with Crippen LogP contribution in [0.15, 0.2) is 59.9 Å². The average Bonchev–Trinajstić information content (AvgIpc) is 2.66. The number of hydrogen-bond donors (Lipinski definition) is 2. The van der Waals surface area contributed by atoms with Gasteiger partial charge in [-0.25, -0.2) is 9.59 Å². The van der Waals surface area contributed by atoms with Crippen LogP contribution < -0.4 is 10.6 Å². The molecule has 0 fully saturated rings. The summed E-state index contributed by atoms with van der Waals surface area (Å²) in [5.74, 6) is -1.30. The Bertz CT molecular complexity index is 822. The molecule has 0 amide bonds. The number of benzene rings is 2. The fraction of sp³-hybridized carbons (Fsp3) is 0.333. The third-order valence-electron chi connectivity index (χ3n) is 3.99. The lowest BCUT2D eigenvalue weighted by Gasteiger charge is -2.19. The molecule has 0 aromatic heterocycles. The molecule has 0 atom stereocenters. The summed E-state index contributed by atoms with van der Waals surface area (Å²) in [7, 11) is 0. The smallest absolute Gasteiger partial charge is 0.357 e. The lowest BCUT2D eigenvalue weighted by atomic mass is 10.2. The summed E-state index contributed by atoms with van der Waals surface area (Å²) in [6, 6.07) is 15.0. The van der Waals surface area contributed by atoms with Crippen molar-refractivity contribution in [2.24, 2.45) is 0 Å². The zero-order chi connectivity index (χ0) is 22.3. The summed E-state index contributed by atoms with van der Waals surface area (Å²) < 4.78 is 10.8. The van der Waals surface area contributed by atoms with E-state index in [4.69, 9.17) is 9.47 Å². The number of anilines is 2. The van der Waals surface area contributed by atoms with Crippen LogP contribution in [0.4, 0.5) is 11.4 Å². The van der Waals surface area contributed by atoms with Crippen LogP contribution in [0.5, 0.6) is 0 Å². The first-order valence-corrected chi connectivity index (χ1v) is 9.99. The van der Waals surface area contributed by atoms with Crippen LogP contribution in [0.1, 0.15) is 38.8 Å². The SMILES string of the molecule is Cc1ccc(N/C(C(=O)OC(C)C)=C(/Nc2ccc(C)cc2)C(=O)OC(C)C)cc1. The van der Waals surface area contributed by atoms with Crippen LogP contribution in [0, 0.1) is 13.8 Å². The Kier molecular flexibility index (Phi) is 8.04. The molecular formula is C24H30N2O4. The summed E-state index contributed by atoms with van der Waals surface area (Å²) in [5, 5.41) is 6.08. The van der Waals surface area contributed by atoms with Gasteiger partial charge in [0.1, 0.15) is 0 Å². The Labute approximate surface area is 178 Å². The molecule has 0 radical (unpaired) electrons. The van der Waals surface area contributed by atoms with Crippen molar-refractivity contribution in [3.8, 4) is 0 Å². The van der Waals surface area contributed by atoms with E-state index in [1.165, 1.54) is 0 Å². The molecule has 2 N–H and O–H groups in total. The van der Waals surface area contributed by atoms with Crippen LogP contribution in [0.25, 0.3) is 0 Å². The van der Waals surface area contributed by atoms with Gasteiger partial charge < -0.3 is 20.1 Å². The van der Waals surface area contributed by atoms with Gasteiger partial charge in [-0.05, 0) is 65.8 Å². The van der Waals surface area contributed by atoms with Crippen molar-refractivity contribution in [2.75, 3.05) is 10.6 Å². The minimum absolute atomic E-state index is 0.0150. The molecular weight excluding hydrogens is 380 g/mol. The quantitative estimate of drug-likeness (QED) is 0.474. The molecule has 2 aromatic rings. The van der Waals surface area contributed by atoms with Gasteiger partial charge in [0.05, 0.1) is 12.2 Å². The lowest BCUT2D eigenvalue weighted by Crippen LogP contribution is -2.28. The van der Waals surface area contributed by atoms with Gasteiger partial charge in [0, 0.05) is 11.4 Å². The Morgan fingerprint density at radius 3 is 1.20 bits per heavy atom. The highest BCUT2D eigenvalue weighted by Crippen LogP contribution is 2.20. The Morgan fingerprint density at radius 2 is 0.933 bits per heavy atom. The van der Waals surface area contributed by atoms with E-state index in [1.807, 2.05) is 62.4 Å². The minimum atomic E-state index is -0.652. The highest BCUT2D eigenvalue weighted by atomic mass is 16.5. The van der Waals surface area contributed by atoms with Gasteiger partial charge >= 0.3 is 11.9 Å². The summed E-state index contributed by atoms with van der Waals surface area (Å²) in [6.45, 7) is 10.9. The molecule has 0 bridgehead atoms. The molecule has 0 heterocycles. The van der Waals surface area contributed by atoms with E-state index in [9.17, 15) is 9.59 Å². The summed E-state index contributed by atoms with van der Waals surface area (Å²) in [5.41, 5.74) is 3.42. The Balaban J connectivity index is 2.54. The highest BCUT2D eigenvalue weighted by Gasteiger charge is 2.26. The Hall–Kier alpha value is -3.28. The maximum absolute atomic E-state index is 12.9.